The molecule has 0 bridgehead atoms. The molecule has 0 aromatic rings. The van der Waals surface area contributed by atoms with Gasteiger partial charge < -0.3 is 19.9 Å². The minimum Gasteiger partial charge on any atom is -0.444 e. The van der Waals surface area contributed by atoms with E-state index in [4.69, 9.17) is 14.6 Å². The van der Waals surface area contributed by atoms with Gasteiger partial charge >= 0.3 is 6.09 Å². The average molecular weight is 205 g/mol. The first-order valence-electron chi connectivity index (χ1n) is 4.49. The van der Waals surface area contributed by atoms with Crippen molar-refractivity contribution in [2.45, 2.75) is 32.5 Å². The highest BCUT2D eigenvalue weighted by Gasteiger charge is 2.16. The number of aliphatic hydroxyl groups excluding tert-OH is 1. The lowest BCUT2D eigenvalue weighted by molar-refractivity contribution is 0.0329. The van der Waals surface area contributed by atoms with Crippen LogP contribution in [0.4, 0.5) is 4.79 Å². The molecule has 0 aromatic carbocycles. The summed E-state index contributed by atoms with van der Waals surface area (Å²) in [5, 5.41) is 11.2. The van der Waals surface area contributed by atoms with Gasteiger partial charge in [0.05, 0.1) is 12.7 Å². The third-order valence-electron chi connectivity index (χ3n) is 1.41. The van der Waals surface area contributed by atoms with E-state index in [-0.39, 0.29) is 19.3 Å². The van der Waals surface area contributed by atoms with Crippen LogP contribution in [-0.2, 0) is 9.47 Å². The zero-order valence-corrected chi connectivity index (χ0v) is 9.16. The molecular formula is C9H19NO4. The Kier molecular flexibility index (Phi) is 5.49. The van der Waals surface area contributed by atoms with Crippen LogP contribution in [0.1, 0.15) is 20.8 Å². The topological polar surface area (TPSA) is 67.8 Å². The van der Waals surface area contributed by atoms with E-state index in [0.717, 1.165) is 0 Å². The van der Waals surface area contributed by atoms with Crippen LogP contribution in [-0.4, -0.2) is 43.2 Å². The van der Waals surface area contributed by atoms with Gasteiger partial charge in [-0.1, -0.05) is 0 Å². The first-order chi connectivity index (χ1) is 6.39. The number of nitrogens with one attached hydrogen (secondary N) is 1. The lowest BCUT2D eigenvalue weighted by Crippen LogP contribution is -2.38. The predicted octanol–water partition coefficient (Wildman–Crippen LogP) is 0.518. The Morgan fingerprint density at radius 2 is 2.07 bits per heavy atom. The smallest absolute Gasteiger partial charge is 0.407 e. The second kappa shape index (κ2) is 5.82. The zero-order chi connectivity index (χ0) is 11.2. The maximum absolute atomic E-state index is 11.1. The van der Waals surface area contributed by atoms with Gasteiger partial charge in [-0.05, 0) is 20.8 Å². The average Bonchev–Trinajstić information content (AvgIpc) is 2.03. The molecule has 5 nitrogen and oxygen atoms in total. The molecule has 0 rings (SSSR count). The molecule has 84 valence electrons. The van der Waals surface area contributed by atoms with Crippen LogP contribution in [0.5, 0.6) is 0 Å². The Bertz CT molecular complexity index is 172. The summed E-state index contributed by atoms with van der Waals surface area (Å²) in [4.78, 5) is 11.1. The Balaban J connectivity index is 3.74. The van der Waals surface area contributed by atoms with Crippen molar-refractivity contribution in [3.8, 4) is 0 Å². The van der Waals surface area contributed by atoms with E-state index in [0.29, 0.717) is 0 Å². The second-order valence-electron chi connectivity index (χ2n) is 3.92. The Morgan fingerprint density at radius 3 is 2.43 bits per heavy atom. The molecular weight excluding hydrogens is 186 g/mol. The van der Waals surface area contributed by atoms with Crippen molar-refractivity contribution in [3.63, 3.8) is 0 Å². The predicted molar refractivity (Wildman–Crippen MR) is 52.1 cm³/mol. The summed E-state index contributed by atoms with van der Waals surface area (Å²) in [6.45, 7) is 5.46. The molecule has 0 aromatic heterocycles. The van der Waals surface area contributed by atoms with Gasteiger partial charge in [-0.3, -0.25) is 0 Å². The van der Waals surface area contributed by atoms with Gasteiger partial charge in [0.2, 0.25) is 0 Å². The van der Waals surface area contributed by atoms with E-state index in [1.165, 1.54) is 7.11 Å². The van der Waals surface area contributed by atoms with E-state index in [2.05, 4.69) is 5.32 Å². The largest absolute Gasteiger partial charge is 0.444 e. The summed E-state index contributed by atoms with van der Waals surface area (Å²) >= 11 is 0. The Morgan fingerprint density at radius 1 is 1.50 bits per heavy atom. The van der Waals surface area contributed by atoms with Crippen LogP contribution in [0.2, 0.25) is 0 Å². The van der Waals surface area contributed by atoms with Crippen LogP contribution in [0, 0.1) is 0 Å². The highest BCUT2D eigenvalue weighted by Crippen LogP contribution is 2.06. The molecule has 0 fully saturated rings. The fraction of sp³-hybridized carbons (Fsp3) is 0.889. The third-order valence-corrected chi connectivity index (χ3v) is 1.41. The summed E-state index contributed by atoms with van der Waals surface area (Å²) in [5.74, 6) is 0. The number of alkyl carbamates (subject to hydrolysis) is 1. The normalized spacial score (nSPS) is 13.5. The Labute approximate surface area is 84.4 Å². The van der Waals surface area contributed by atoms with E-state index < -0.39 is 11.7 Å². The van der Waals surface area contributed by atoms with Gasteiger partial charge in [-0.15, -0.1) is 0 Å². The van der Waals surface area contributed by atoms with E-state index in [9.17, 15) is 4.79 Å². The number of amides is 1. The molecule has 0 unspecified atom stereocenters. The fourth-order valence-corrected chi connectivity index (χ4v) is 0.734. The number of carbonyl (C=O) groups excluding carboxylic acids is 1. The molecule has 0 aliphatic carbocycles. The van der Waals surface area contributed by atoms with Gasteiger partial charge in [0, 0.05) is 13.7 Å². The molecule has 1 atom stereocenters. The molecule has 0 aliphatic heterocycles. The van der Waals surface area contributed by atoms with Crippen molar-refractivity contribution < 1.29 is 19.4 Å². The Hall–Kier alpha value is -0.810. The zero-order valence-electron chi connectivity index (χ0n) is 9.16. The van der Waals surface area contributed by atoms with Crippen LogP contribution in [0.25, 0.3) is 0 Å². The first kappa shape index (κ1) is 13.2. The molecule has 5 heteroatoms. The minimum absolute atomic E-state index is 0.133. The molecule has 2 N–H and O–H groups in total. The summed E-state index contributed by atoms with van der Waals surface area (Å²) in [5.41, 5.74) is -0.508. The summed E-state index contributed by atoms with van der Waals surface area (Å²) in [7, 11) is 1.47. The van der Waals surface area contributed by atoms with E-state index in [1.54, 1.807) is 20.8 Å². The van der Waals surface area contributed by atoms with E-state index >= 15 is 0 Å². The van der Waals surface area contributed by atoms with Crippen LogP contribution < -0.4 is 5.32 Å². The van der Waals surface area contributed by atoms with Crippen LogP contribution in [0.15, 0.2) is 0 Å². The summed E-state index contributed by atoms with van der Waals surface area (Å²) in [6.07, 6.45) is -0.893. The van der Waals surface area contributed by atoms with Crippen molar-refractivity contribution in [3.05, 3.63) is 0 Å². The molecule has 1 amide bonds. The number of carbonyl (C=O) groups is 1. The monoisotopic (exact) mass is 205 g/mol. The van der Waals surface area contributed by atoms with Gasteiger partial charge in [-0.2, -0.15) is 0 Å². The maximum atomic E-state index is 11.1. The van der Waals surface area contributed by atoms with Crippen LogP contribution in [0.3, 0.4) is 0 Å². The summed E-state index contributed by atoms with van der Waals surface area (Å²) in [6, 6.07) is 0. The molecule has 0 heterocycles. The molecule has 0 radical (unpaired) electrons. The third kappa shape index (κ3) is 6.68. The highest BCUT2D eigenvalue weighted by atomic mass is 16.6. The quantitative estimate of drug-likeness (QED) is 0.702. The summed E-state index contributed by atoms with van der Waals surface area (Å²) < 4.78 is 9.85. The number of aliphatic hydroxyl groups is 1. The molecule has 0 aliphatic rings. The molecule has 0 saturated heterocycles. The molecule has 0 spiro atoms. The lowest BCUT2D eigenvalue weighted by Gasteiger charge is -2.20. The number of hydrogen-bond donors (Lipinski definition) is 2. The van der Waals surface area contributed by atoms with Gasteiger partial charge in [0.25, 0.3) is 0 Å². The number of methoxy groups -OCH3 is 1. The first-order valence-corrected chi connectivity index (χ1v) is 4.49. The van der Waals surface area contributed by atoms with Gasteiger partial charge in [0.1, 0.15) is 5.60 Å². The molecule has 0 saturated carbocycles. The van der Waals surface area contributed by atoms with E-state index in [1.807, 2.05) is 0 Å². The SMILES string of the molecule is CO[C@@H](CO)CNC(=O)OC(C)(C)C. The van der Waals surface area contributed by atoms with Gasteiger partial charge in [0.15, 0.2) is 0 Å². The maximum Gasteiger partial charge on any atom is 0.407 e. The highest BCUT2D eigenvalue weighted by molar-refractivity contribution is 5.67. The van der Waals surface area contributed by atoms with Crippen molar-refractivity contribution in [2.75, 3.05) is 20.3 Å². The fourth-order valence-electron chi connectivity index (χ4n) is 0.734. The number of ether oxygens (including phenoxy) is 2. The number of hydrogen-bond acceptors (Lipinski definition) is 4. The minimum atomic E-state index is -0.508. The standard InChI is InChI=1S/C9H19NO4/c1-9(2,3)14-8(12)10-5-7(6-11)13-4/h7,11H,5-6H2,1-4H3,(H,10,12)/t7-/m1/s1. The lowest BCUT2D eigenvalue weighted by atomic mass is 10.2. The van der Waals surface area contributed by atoms with Crippen molar-refractivity contribution in [1.29, 1.82) is 0 Å². The number of rotatable bonds is 4. The van der Waals surface area contributed by atoms with Crippen molar-refractivity contribution in [2.24, 2.45) is 0 Å². The second-order valence-corrected chi connectivity index (χ2v) is 3.92. The van der Waals surface area contributed by atoms with Gasteiger partial charge in [-0.25, -0.2) is 4.79 Å². The van der Waals surface area contributed by atoms with Crippen molar-refractivity contribution >= 4 is 6.09 Å². The van der Waals surface area contributed by atoms with Crippen LogP contribution >= 0.6 is 0 Å². The molecule has 14 heavy (non-hydrogen) atoms. The van der Waals surface area contributed by atoms with Crippen molar-refractivity contribution in [1.82, 2.24) is 5.32 Å².